The van der Waals surface area contributed by atoms with Crippen LogP contribution in [0.2, 0.25) is 0 Å². The molecule has 1 aliphatic rings. The Morgan fingerprint density at radius 2 is 1.24 bits per heavy atom. The molecule has 1 amide bonds. The number of hydrogen-bond donors (Lipinski definition) is 2. The maximum Gasteiger partial charge on any atom is 0.430 e. The quantitative estimate of drug-likeness (QED) is 0.438. The molecule has 38 heavy (non-hydrogen) atoms. The summed E-state index contributed by atoms with van der Waals surface area (Å²) in [7, 11) is 0. The molecule has 6 nitrogen and oxygen atoms in total. The summed E-state index contributed by atoms with van der Waals surface area (Å²) in [6.07, 6.45) is -26.3. The van der Waals surface area contributed by atoms with Crippen LogP contribution < -0.4 is 0 Å². The van der Waals surface area contributed by atoms with E-state index in [-0.39, 0.29) is 0 Å². The Morgan fingerprint density at radius 3 is 1.61 bits per heavy atom. The number of carbonyl (C=O) groups is 2. The van der Waals surface area contributed by atoms with E-state index in [0.29, 0.717) is 22.3 Å². The predicted octanol–water partition coefficient (Wildman–Crippen LogP) is 5.50. The summed E-state index contributed by atoms with van der Waals surface area (Å²) in [6.45, 7) is -2.48. The highest BCUT2D eigenvalue weighted by atomic mass is 19.4. The summed E-state index contributed by atoms with van der Waals surface area (Å²) in [5.74, 6) is -3.65. The largest absolute Gasteiger partial charge is 0.480 e. The Bertz CT molecular complexity index is 1110. The second-order valence-corrected chi connectivity index (χ2v) is 8.24. The van der Waals surface area contributed by atoms with Crippen molar-refractivity contribution >= 4 is 12.1 Å². The van der Waals surface area contributed by atoms with E-state index in [1.54, 1.807) is 24.3 Å². The molecule has 3 rings (SSSR count). The lowest BCUT2D eigenvalue weighted by molar-refractivity contribution is -0.417. The number of hydrogen-bond acceptors (Lipinski definition) is 4. The molecule has 0 saturated heterocycles. The van der Waals surface area contributed by atoms with E-state index in [9.17, 15) is 54.2 Å². The molecule has 0 fully saturated rings. The number of carboxylic acids is 1. The molecule has 208 valence electrons. The third-order valence-electron chi connectivity index (χ3n) is 6.12. The summed E-state index contributed by atoms with van der Waals surface area (Å²) in [6, 6.07) is 9.21. The van der Waals surface area contributed by atoms with Crippen LogP contribution in [-0.4, -0.2) is 70.5 Å². The van der Waals surface area contributed by atoms with Crippen LogP contribution in [0, 0.1) is 0 Å². The normalized spacial score (nSPS) is 15.0. The molecule has 0 radical (unpaired) electrons. The van der Waals surface area contributed by atoms with Crippen LogP contribution in [0.15, 0.2) is 48.5 Å². The monoisotopic (exact) mass is 559 g/mol. The number of aliphatic hydroxyl groups excluding tert-OH is 1. The zero-order valence-corrected chi connectivity index (χ0v) is 18.9. The highest BCUT2D eigenvalue weighted by Gasteiger charge is 2.88. The lowest BCUT2D eigenvalue weighted by Gasteiger charge is -2.47. The summed E-state index contributed by atoms with van der Waals surface area (Å²) < 4.78 is 129. The molecule has 2 aromatic carbocycles. The maximum atomic E-state index is 13.8. The van der Waals surface area contributed by atoms with E-state index < -0.39 is 72.6 Å². The van der Waals surface area contributed by atoms with Crippen molar-refractivity contribution in [2.45, 2.75) is 42.4 Å². The van der Waals surface area contributed by atoms with Crippen molar-refractivity contribution in [1.29, 1.82) is 0 Å². The average molecular weight is 559 g/mol. The second-order valence-electron chi connectivity index (χ2n) is 8.24. The van der Waals surface area contributed by atoms with Crippen molar-refractivity contribution in [3.05, 3.63) is 59.7 Å². The first-order valence-corrected chi connectivity index (χ1v) is 10.7. The van der Waals surface area contributed by atoms with Gasteiger partial charge in [0.2, 0.25) is 0 Å². The highest BCUT2D eigenvalue weighted by Crippen LogP contribution is 2.57. The van der Waals surface area contributed by atoms with E-state index in [4.69, 9.17) is 5.11 Å². The predicted molar refractivity (Wildman–Crippen MR) is 111 cm³/mol. The standard InChI is InChI=1S/C23H18F9NO5/c24-21(25,26)20(22(27,28)29,23(30,31)32)33(17(9-10-34)18(35)36)19(37)38-11-16-14-7-3-1-5-12(14)13-6-2-4-8-15(13)16/h1-8,16-17,34H,9-11H2,(H,35,36)/t17-/m0/s1. The molecule has 0 aromatic heterocycles. The van der Waals surface area contributed by atoms with Gasteiger partial charge in [0, 0.05) is 18.9 Å². The number of nitrogens with zero attached hydrogens (tertiary/aromatic N) is 1. The van der Waals surface area contributed by atoms with Gasteiger partial charge in [-0.05, 0) is 22.3 Å². The van der Waals surface area contributed by atoms with E-state index >= 15 is 0 Å². The van der Waals surface area contributed by atoms with Gasteiger partial charge in [-0.25, -0.2) is 9.59 Å². The van der Waals surface area contributed by atoms with Crippen molar-refractivity contribution in [3.63, 3.8) is 0 Å². The molecule has 1 aliphatic carbocycles. The zero-order chi connectivity index (χ0) is 28.7. The fraction of sp³-hybridized carbons (Fsp3) is 0.391. The molecule has 15 heteroatoms. The fourth-order valence-corrected chi connectivity index (χ4v) is 4.54. The third kappa shape index (κ3) is 4.63. The number of fused-ring (bicyclic) bond motifs is 3. The molecule has 0 saturated carbocycles. The number of benzene rings is 2. The Labute approximate surface area is 208 Å². The number of aliphatic carboxylic acids is 1. The number of aliphatic hydroxyl groups is 1. The summed E-state index contributed by atoms with van der Waals surface area (Å²) in [4.78, 5) is 22.5. The van der Waals surface area contributed by atoms with Gasteiger partial charge in [0.05, 0.1) is 0 Å². The lowest BCUT2D eigenvalue weighted by atomic mass is 9.91. The lowest BCUT2D eigenvalue weighted by Crippen LogP contribution is -2.78. The fourth-order valence-electron chi connectivity index (χ4n) is 4.54. The van der Waals surface area contributed by atoms with Crippen LogP contribution in [0.3, 0.4) is 0 Å². The smallest absolute Gasteiger partial charge is 0.430 e. The summed E-state index contributed by atoms with van der Waals surface area (Å²) in [5, 5.41) is 18.3. The molecule has 0 bridgehead atoms. The van der Waals surface area contributed by atoms with Crippen LogP contribution in [-0.2, 0) is 9.53 Å². The summed E-state index contributed by atoms with van der Waals surface area (Å²) >= 11 is 0. The van der Waals surface area contributed by atoms with Crippen molar-refractivity contribution < 1.29 is 64.1 Å². The molecule has 1 atom stereocenters. The number of alkyl halides is 9. The minimum absolute atomic E-state index is 0.423. The zero-order valence-electron chi connectivity index (χ0n) is 18.9. The highest BCUT2D eigenvalue weighted by molar-refractivity contribution is 5.82. The molecular formula is C23H18F9NO5. The number of carboxylic acid groups (broad SMARTS) is 1. The SMILES string of the molecule is O=C(O)[C@H](CCO)N(C(=O)OCC1c2ccccc2-c2ccccc21)C(C(F)(F)F)(C(F)(F)F)C(F)(F)F. The van der Waals surface area contributed by atoms with Crippen molar-refractivity contribution in [1.82, 2.24) is 4.90 Å². The molecule has 0 unspecified atom stereocenters. The average Bonchev–Trinajstić information content (AvgIpc) is 3.10. The van der Waals surface area contributed by atoms with Crippen molar-refractivity contribution in [3.8, 4) is 11.1 Å². The van der Waals surface area contributed by atoms with Gasteiger partial charge in [-0.2, -0.15) is 39.5 Å². The van der Waals surface area contributed by atoms with Crippen LogP contribution in [0.4, 0.5) is 44.3 Å². The third-order valence-corrected chi connectivity index (χ3v) is 6.12. The Kier molecular flexibility index (Phi) is 7.65. The van der Waals surface area contributed by atoms with Crippen LogP contribution in [0.1, 0.15) is 23.5 Å². The van der Waals surface area contributed by atoms with Gasteiger partial charge in [-0.3, -0.25) is 4.90 Å². The van der Waals surface area contributed by atoms with E-state index in [1.807, 2.05) is 0 Å². The van der Waals surface area contributed by atoms with Crippen LogP contribution in [0.5, 0.6) is 0 Å². The van der Waals surface area contributed by atoms with Gasteiger partial charge in [-0.1, -0.05) is 48.5 Å². The van der Waals surface area contributed by atoms with E-state index in [0.717, 1.165) is 0 Å². The number of halogens is 9. The molecule has 0 heterocycles. The molecule has 0 aliphatic heterocycles. The van der Waals surface area contributed by atoms with Gasteiger partial charge < -0.3 is 14.9 Å². The van der Waals surface area contributed by atoms with Gasteiger partial charge in [-0.15, -0.1) is 0 Å². The second kappa shape index (κ2) is 10.0. The first-order valence-electron chi connectivity index (χ1n) is 10.7. The molecule has 2 aromatic rings. The van der Waals surface area contributed by atoms with Crippen molar-refractivity contribution in [2.24, 2.45) is 0 Å². The minimum atomic E-state index is -7.29. The molecular weight excluding hydrogens is 541 g/mol. The van der Waals surface area contributed by atoms with E-state index in [2.05, 4.69) is 4.74 Å². The van der Waals surface area contributed by atoms with Gasteiger partial charge in [0.25, 0.3) is 0 Å². The number of rotatable bonds is 7. The first-order chi connectivity index (χ1) is 17.5. The first kappa shape index (κ1) is 29.1. The van der Waals surface area contributed by atoms with Gasteiger partial charge in [0.1, 0.15) is 12.6 Å². The van der Waals surface area contributed by atoms with E-state index in [1.165, 1.54) is 24.3 Å². The Hall–Kier alpha value is -3.49. The summed E-state index contributed by atoms with van der Waals surface area (Å²) in [5.41, 5.74) is -4.95. The molecule has 0 spiro atoms. The van der Waals surface area contributed by atoms with Crippen LogP contribution in [0.25, 0.3) is 11.1 Å². The minimum Gasteiger partial charge on any atom is -0.480 e. The number of ether oxygens (including phenoxy) is 1. The van der Waals surface area contributed by atoms with Crippen LogP contribution >= 0.6 is 0 Å². The van der Waals surface area contributed by atoms with Crippen molar-refractivity contribution in [2.75, 3.05) is 13.2 Å². The number of amides is 1. The maximum absolute atomic E-state index is 13.8. The molecule has 2 N–H and O–H groups in total. The Balaban J connectivity index is 2.14. The topological polar surface area (TPSA) is 87.1 Å². The Morgan fingerprint density at radius 1 is 0.816 bits per heavy atom. The number of carbonyl (C=O) groups excluding carboxylic acids is 1. The van der Waals surface area contributed by atoms with Gasteiger partial charge >= 0.3 is 36.1 Å². The van der Waals surface area contributed by atoms with Gasteiger partial charge in [0.15, 0.2) is 0 Å².